The first-order valence-corrected chi connectivity index (χ1v) is 8.21. The van der Waals surface area contributed by atoms with Crippen LogP contribution in [0.4, 0.5) is 0 Å². The van der Waals surface area contributed by atoms with Gasteiger partial charge in [-0.3, -0.25) is 0 Å². The predicted molar refractivity (Wildman–Crippen MR) is 74.9 cm³/mol. The van der Waals surface area contributed by atoms with Crippen LogP contribution < -0.4 is 5.14 Å². The molecule has 0 atom stereocenters. The molecule has 0 aromatic heterocycles. The molecule has 0 heterocycles. The first-order chi connectivity index (χ1) is 8.55. The molecular weight excluding hydrogens is 246 g/mol. The lowest BCUT2D eigenvalue weighted by molar-refractivity contribution is 0.591. The van der Waals surface area contributed by atoms with Gasteiger partial charge >= 0.3 is 0 Å². The number of primary sulfonamides is 1. The second-order valence-corrected chi connectivity index (χ2v) is 6.20. The molecule has 1 aromatic carbocycles. The minimum Gasteiger partial charge on any atom is -0.225 e. The Kier molecular flexibility index (Phi) is 6.36. The average molecular weight is 269 g/mol. The van der Waals surface area contributed by atoms with Gasteiger partial charge in [0.2, 0.25) is 10.0 Å². The minimum absolute atomic E-state index is 0.276. The van der Waals surface area contributed by atoms with Crippen molar-refractivity contribution in [3.8, 4) is 0 Å². The van der Waals surface area contributed by atoms with Gasteiger partial charge < -0.3 is 0 Å². The van der Waals surface area contributed by atoms with Crippen molar-refractivity contribution in [3.05, 3.63) is 29.8 Å². The van der Waals surface area contributed by atoms with Crippen LogP contribution in [-0.4, -0.2) is 8.42 Å². The highest BCUT2D eigenvalue weighted by molar-refractivity contribution is 7.89. The highest BCUT2D eigenvalue weighted by atomic mass is 32.2. The topological polar surface area (TPSA) is 60.2 Å². The van der Waals surface area contributed by atoms with E-state index < -0.39 is 10.0 Å². The summed E-state index contributed by atoms with van der Waals surface area (Å²) in [5.74, 6) is 0. The standard InChI is InChI=1S/C14H23NO2S/c1-2-3-4-5-6-7-10-13-11-8-9-12-14(13)18(15,16)17/h8-9,11-12H,2-7,10H2,1H3,(H2,15,16,17). The molecule has 0 aliphatic carbocycles. The molecular formula is C14H23NO2S. The van der Waals surface area contributed by atoms with Crippen molar-refractivity contribution in [2.45, 2.75) is 56.8 Å². The van der Waals surface area contributed by atoms with Crippen molar-refractivity contribution in [1.82, 2.24) is 0 Å². The van der Waals surface area contributed by atoms with Crippen LogP contribution in [0.3, 0.4) is 0 Å². The van der Waals surface area contributed by atoms with Crippen LogP contribution in [0.1, 0.15) is 51.0 Å². The number of sulfonamides is 1. The highest BCUT2D eigenvalue weighted by Gasteiger charge is 2.12. The lowest BCUT2D eigenvalue weighted by Gasteiger charge is -2.07. The van der Waals surface area contributed by atoms with Crippen LogP contribution in [0.15, 0.2) is 29.2 Å². The van der Waals surface area contributed by atoms with Crippen LogP contribution in [0.2, 0.25) is 0 Å². The molecule has 0 fully saturated rings. The molecule has 0 spiro atoms. The summed E-state index contributed by atoms with van der Waals surface area (Å²) in [6, 6.07) is 7.01. The zero-order valence-electron chi connectivity index (χ0n) is 11.1. The van der Waals surface area contributed by atoms with Crippen molar-refractivity contribution >= 4 is 10.0 Å². The Morgan fingerprint density at radius 3 is 2.28 bits per heavy atom. The monoisotopic (exact) mass is 269 g/mol. The van der Waals surface area contributed by atoms with E-state index in [4.69, 9.17) is 5.14 Å². The third kappa shape index (κ3) is 5.19. The summed E-state index contributed by atoms with van der Waals surface area (Å²) in [6.45, 7) is 2.20. The fourth-order valence-electron chi connectivity index (χ4n) is 2.08. The van der Waals surface area contributed by atoms with E-state index in [0.717, 1.165) is 24.8 Å². The maximum absolute atomic E-state index is 11.4. The smallest absolute Gasteiger partial charge is 0.225 e. The molecule has 0 bridgehead atoms. The number of aryl methyl sites for hydroxylation is 1. The van der Waals surface area contributed by atoms with Gasteiger partial charge in [-0.25, -0.2) is 13.6 Å². The Hall–Kier alpha value is -0.870. The second kappa shape index (κ2) is 7.54. The van der Waals surface area contributed by atoms with Crippen molar-refractivity contribution < 1.29 is 8.42 Å². The van der Waals surface area contributed by atoms with Crippen LogP contribution in [0, 0.1) is 0 Å². The Morgan fingerprint density at radius 1 is 1.00 bits per heavy atom. The van der Waals surface area contributed by atoms with Crippen LogP contribution in [0.25, 0.3) is 0 Å². The molecule has 0 radical (unpaired) electrons. The molecule has 0 saturated carbocycles. The van der Waals surface area contributed by atoms with Gasteiger partial charge in [-0.1, -0.05) is 57.2 Å². The van der Waals surface area contributed by atoms with E-state index in [9.17, 15) is 8.42 Å². The molecule has 18 heavy (non-hydrogen) atoms. The summed E-state index contributed by atoms with van der Waals surface area (Å²) in [6.07, 6.45) is 7.99. The summed E-state index contributed by atoms with van der Waals surface area (Å²) in [7, 11) is -3.58. The number of unbranched alkanes of at least 4 members (excludes halogenated alkanes) is 5. The van der Waals surface area contributed by atoms with Crippen LogP contribution in [0.5, 0.6) is 0 Å². The summed E-state index contributed by atoms with van der Waals surface area (Å²) < 4.78 is 22.8. The van der Waals surface area contributed by atoms with Crippen molar-refractivity contribution in [3.63, 3.8) is 0 Å². The van der Waals surface area contributed by atoms with E-state index >= 15 is 0 Å². The summed E-state index contributed by atoms with van der Waals surface area (Å²) in [4.78, 5) is 0.276. The van der Waals surface area contributed by atoms with Gasteiger partial charge in [-0.2, -0.15) is 0 Å². The van der Waals surface area contributed by atoms with Crippen molar-refractivity contribution in [2.75, 3.05) is 0 Å². The van der Waals surface area contributed by atoms with E-state index in [-0.39, 0.29) is 4.90 Å². The van der Waals surface area contributed by atoms with Crippen molar-refractivity contribution in [1.29, 1.82) is 0 Å². The van der Waals surface area contributed by atoms with E-state index in [1.165, 1.54) is 25.7 Å². The van der Waals surface area contributed by atoms with E-state index in [2.05, 4.69) is 6.92 Å². The minimum atomic E-state index is -3.58. The Bertz CT molecular complexity index is 455. The van der Waals surface area contributed by atoms with Gasteiger partial charge in [0.05, 0.1) is 4.90 Å². The summed E-state index contributed by atoms with van der Waals surface area (Å²) in [5.41, 5.74) is 0.843. The van der Waals surface area contributed by atoms with Gasteiger partial charge in [0.15, 0.2) is 0 Å². The molecule has 102 valence electrons. The van der Waals surface area contributed by atoms with Gasteiger partial charge in [-0.15, -0.1) is 0 Å². The van der Waals surface area contributed by atoms with E-state index in [0.29, 0.717) is 0 Å². The fourth-order valence-corrected chi connectivity index (χ4v) is 2.89. The Morgan fingerprint density at radius 2 is 1.61 bits per heavy atom. The summed E-state index contributed by atoms with van der Waals surface area (Å²) >= 11 is 0. The first-order valence-electron chi connectivity index (χ1n) is 6.66. The molecule has 4 heteroatoms. The van der Waals surface area contributed by atoms with Crippen LogP contribution >= 0.6 is 0 Å². The normalized spacial score (nSPS) is 11.7. The van der Waals surface area contributed by atoms with Gasteiger partial charge in [0.1, 0.15) is 0 Å². The molecule has 0 aliphatic heterocycles. The van der Waals surface area contributed by atoms with E-state index in [1.54, 1.807) is 12.1 Å². The zero-order valence-corrected chi connectivity index (χ0v) is 11.9. The predicted octanol–water partition coefficient (Wildman–Crippen LogP) is 3.24. The highest BCUT2D eigenvalue weighted by Crippen LogP contribution is 2.17. The van der Waals surface area contributed by atoms with Crippen molar-refractivity contribution in [2.24, 2.45) is 5.14 Å². The summed E-state index contributed by atoms with van der Waals surface area (Å²) in [5, 5.41) is 5.20. The Labute approximate surface area is 110 Å². The molecule has 3 nitrogen and oxygen atoms in total. The quantitative estimate of drug-likeness (QED) is 0.736. The molecule has 0 unspecified atom stereocenters. The molecule has 2 N–H and O–H groups in total. The van der Waals surface area contributed by atoms with Gasteiger partial charge in [0.25, 0.3) is 0 Å². The van der Waals surface area contributed by atoms with Crippen LogP contribution in [-0.2, 0) is 16.4 Å². The Balaban J connectivity index is 2.48. The zero-order chi connectivity index (χ0) is 13.4. The van der Waals surface area contributed by atoms with Gasteiger partial charge in [-0.05, 0) is 24.5 Å². The number of hydrogen-bond acceptors (Lipinski definition) is 2. The largest absolute Gasteiger partial charge is 0.238 e. The number of nitrogens with two attached hydrogens (primary N) is 1. The third-order valence-corrected chi connectivity index (χ3v) is 4.09. The third-order valence-electron chi connectivity index (χ3n) is 3.08. The lowest BCUT2D eigenvalue weighted by atomic mass is 10.1. The van der Waals surface area contributed by atoms with E-state index in [1.807, 2.05) is 12.1 Å². The lowest BCUT2D eigenvalue weighted by Crippen LogP contribution is -2.14. The average Bonchev–Trinajstić information content (AvgIpc) is 2.33. The molecule has 0 saturated heterocycles. The molecule has 1 aromatic rings. The second-order valence-electron chi connectivity index (χ2n) is 4.67. The molecule has 1 rings (SSSR count). The first kappa shape index (κ1) is 15.2. The SMILES string of the molecule is CCCCCCCCc1ccccc1S(N)(=O)=O. The fraction of sp³-hybridized carbons (Fsp3) is 0.571. The number of hydrogen-bond donors (Lipinski definition) is 1. The van der Waals surface area contributed by atoms with Gasteiger partial charge in [0, 0.05) is 0 Å². The number of benzene rings is 1. The number of rotatable bonds is 8. The molecule has 0 amide bonds. The molecule has 0 aliphatic rings. The maximum Gasteiger partial charge on any atom is 0.238 e. The maximum atomic E-state index is 11.4.